The number of nitrogens with one attached hydrogen (secondary N) is 2. The van der Waals surface area contributed by atoms with E-state index in [1.807, 2.05) is 0 Å². The molecule has 2 amide bonds. The highest BCUT2D eigenvalue weighted by atomic mass is 16.5. The Morgan fingerprint density at radius 2 is 2.07 bits per heavy atom. The van der Waals surface area contributed by atoms with E-state index < -0.39 is 18.2 Å². The largest absolute Gasteiger partial charge is 0.394 e. The zero-order valence-electron chi connectivity index (χ0n) is 16.6. The number of rotatable bonds is 8. The molecule has 2 aliphatic heterocycles. The number of ether oxygens (including phenoxy) is 1. The van der Waals surface area contributed by atoms with Crippen molar-refractivity contribution >= 4 is 11.8 Å². The second-order valence-electron chi connectivity index (χ2n) is 7.48. The Morgan fingerprint density at radius 3 is 2.79 bits per heavy atom. The van der Waals surface area contributed by atoms with Gasteiger partial charge in [0.05, 0.1) is 30.7 Å². The summed E-state index contributed by atoms with van der Waals surface area (Å²) >= 11 is 0. The molecule has 3 heterocycles. The minimum atomic E-state index is -0.605. The minimum absolute atomic E-state index is 0.0776. The SMILES string of the molecule is O=C(C[C@H]1C=C[C@H](NC(=O)c2cccnc2)[C@H](CO)O1)NCCN1CCCCC1. The van der Waals surface area contributed by atoms with Gasteiger partial charge in [-0.15, -0.1) is 0 Å². The van der Waals surface area contributed by atoms with Crippen molar-refractivity contribution in [1.29, 1.82) is 0 Å². The number of carbonyl (C=O) groups is 2. The van der Waals surface area contributed by atoms with Gasteiger partial charge < -0.3 is 25.4 Å². The fraction of sp³-hybridized carbons (Fsp3) is 0.571. The summed E-state index contributed by atoms with van der Waals surface area (Å²) < 4.78 is 5.81. The van der Waals surface area contributed by atoms with Crippen molar-refractivity contribution in [2.75, 3.05) is 32.8 Å². The predicted octanol–water partition coefficient (Wildman–Crippen LogP) is 0.488. The Labute approximate surface area is 171 Å². The molecule has 3 rings (SSSR count). The average Bonchev–Trinajstić information content (AvgIpc) is 2.76. The molecule has 0 aliphatic carbocycles. The van der Waals surface area contributed by atoms with Crippen LogP contribution in [-0.2, 0) is 9.53 Å². The smallest absolute Gasteiger partial charge is 0.253 e. The molecule has 1 aromatic rings. The molecule has 8 nitrogen and oxygen atoms in total. The van der Waals surface area contributed by atoms with E-state index in [0.717, 1.165) is 19.6 Å². The number of likely N-dealkylation sites (tertiary alicyclic amines) is 1. The second kappa shape index (κ2) is 11.0. The predicted molar refractivity (Wildman–Crippen MR) is 108 cm³/mol. The molecule has 158 valence electrons. The van der Waals surface area contributed by atoms with Gasteiger partial charge in [0.25, 0.3) is 5.91 Å². The first-order valence-corrected chi connectivity index (χ1v) is 10.3. The van der Waals surface area contributed by atoms with E-state index in [2.05, 4.69) is 20.5 Å². The van der Waals surface area contributed by atoms with Gasteiger partial charge in [0.15, 0.2) is 0 Å². The molecular weight excluding hydrogens is 372 g/mol. The van der Waals surface area contributed by atoms with Crippen molar-refractivity contribution in [2.45, 2.75) is 43.9 Å². The van der Waals surface area contributed by atoms with Gasteiger partial charge in [-0.05, 0) is 38.1 Å². The molecule has 0 saturated carbocycles. The van der Waals surface area contributed by atoms with Gasteiger partial charge in [-0.3, -0.25) is 14.6 Å². The molecule has 3 N–H and O–H groups in total. The number of aliphatic hydroxyl groups is 1. The number of aromatic nitrogens is 1. The zero-order valence-corrected chi connectivity index (χ0v) is 16.6. The van der Waals surface area contributed by atoms with E-state index in [1.165, 1.54) is 25.5 Å². The first kappa shape index (κ1) is 21.4. The normalized spacial score (nSPS) is 24.8. The van der Waals surface area contributed by atoms with Gasteiger partial charge in [-0.25, -0.2) is 0 Å². The molecule has 1 saturated heterocycles. The van der Waals surface area contributed by atoms with E-state index in [4.69, 9.17) is 4.74 Å². The van der Waals surface area contributed by atoms with E-state index in [1.54, 1.807) is 30.5 Å². The van der Waals surface area contributed by atoms with Crippen LogP contribution in [0.1, 0.15) is 36.0 Å². The molecule has 29 heavy (non-hydrogen) atoms. The molecule has 0 radical (unpaired) electrons. The fourth-order valence-electron chi connectivity index (χ4n) is 3.66. The third-order valence-corrected chi connectivity index (χ3v) is 5.27. The van der Waals surface area contributed by atoms with Gasteiger partial charge in [-0.1, -0.05) is 18.6 Å². The highest BCUT2D eigenvalue weighted by Crippen LogP contribution is 2.16. The second-order valence-corrected chi connectivity index (χ2v) is 7.48. The maximum atomic E-state index is 12.3. The van der Waals surface area contributed by atoms with Gasteiger partial charge in [0.1, 0.15) is 6.10 Å². The zero-order chi connectivity index (χ0) is 20.5. The molecule has 0 unspecified atom stereocenters. The van der Waals surface area contributed by atoms with Crippen molar-refractivity contribution in [3.63, 3.8) is 0 Å². The topological polar surface area (TPSA) is 104 Å². The van der Waals surface area contributed by atoms with Gasteiger partial charge in [0.2, 0.25) is 5.91 Å². The van der Waals surface area contributed by atoms with Gasteiger partial charge >= 0.3 is 0 Å². The summed E-state index contributed by atoms with van der Waals surface area (Å²) in [6.45, 7) is 3.45. The number of hydrogen-bond donors (Lipinski definition) is 3. The van der Waals surface area contributed by atoms with Crippen molar-refractivity contribution in [3.05, 3.63) is 42.2 Å². The third kappa shape index (κ3) is 6.62. The molecule has 1 aromatic heterocycles. The standard InChI is InChI=1S/C21H30N4O4/c26-15-19-18(24-21(28)16-5-4-8-22-14-16)7-6-17(29-19)13-20(27)23-9-12-25-10-2-1-3-11-25/h4-8,14,17-19,26H,1-3,9-13,15H2,(H,23,27)(H,24,28)/t17-,18+,19+/m1/s1. The summed E-state index contributed by atoms with van der Waals surface area (Å²) in [5, 5.41) is 15.4. The molecule has 0 spiro atoms. The number of pyridine rings is 1. The molecule has 8 heteroatoms. The lowest BCUT2D eigenvalue weighted by atomic mass is 10.0. The Kier molecular flexibility index (Phi) is 8.15. The molecule has 2 aliphatic rings. The number of hydrogen-bond acceptors (Lipinski definition) is 6. The van der Waals surface area contributed by atoms with Crippen LogP contribution in [0.2, 0.25) is 0 Å². The van der Waals surface area contributed by atoms with Crippen LogP contribution in [0.3, 0.4) is 0 Å². The van der Waals surface area contributed by atoms with Crippen LogP contribution in [0.5, 0.6) is 0 Å². The summed E-state index contributed by atoms with van der Waals surface area (Å²) in [4.78, 5) is 30.8. The van der Waals surface area contributed by atoms with Crippen LogP contribution >= 0.6 is 0 Å². The Morgan fingerprint density at radius 1 is 1.24 bits per heavy atom. The summed E-state index contributed by atoms with van der Waals surface area (Å²) in [6.07, 6.45) is 9.55. The summed E-state index contributed by atoms with van der Waals surface area (Å²) in [7, 11) is 0. The van der Waals surface area contributed by atoms with Crippen molar-refractivity contribution in [2.24, 2.45) is 0 Å². The highest BCUT2D eigenvalue weighted by molar-refractivity contribution is 5.94. The van der Waals surface area contributed by atoms with Gasteiger partial charge in [-0.2, -0.15) is 0 Å². The maximum absolute atomic E-state index is 12.3. The molecule has 3 atom stereocenters. The van der Waals surface area contributed by atoms with Crippen molar-refractivity contribution in [3.8, 4) is 0 Å². The first-order valence-electron chi connectivity index (χ1n) is 10.3. The lowest BCUT2D eigenvalue weighted by Gasteiger charge is -2.31. The van der Waals surface area contributed by atoms with E-state index in [-0.39, 0.29) is 24.8 Å². The van der Waals surface area contributed by atoms with Crippen LogP contribution < -0.4 is 10.6 Å². The highest BCUT2D eigenvalue weighted by Gasteiger charge is 2.29. The molecule has 0 bridgehead atoms. The summed E-state index contributed by atoms with van der Waals surface area (Å²) in [5.41, 5.74) is 0.438. The monoisotopic (exact) mass is 402 g/mol. The number of aliphatic hydroxyl groups excluding tert-OH is 1. The first-order chi connectivity index (χ1) is 14.2. The molecule has 1 fully saturated rings. The Hall–Kier alpha value is -2.29. The van der Waals surface area contributed by atoms with Crippen LogP contribution in [-0.4, -0.2) is 77.8 Å². The molecular formula is C21H30N4O4. The average molecular weight is 402 g/mol. The summed E-state index contributed by atoms with van der Waals surface area (Å²) in [5.74, 6) is -0.366. The quantitative estimate of drug-likeness (QED) is 0.547. The third-order valence-electron chi connectivity index (χ3n) is 5.27. The Bertz CT molecular complexity index is 691. The van der Waals surface area contributed by atoms with E-state index >= 15 is 0 Å². The lowest BCUT2D eigenvalue weighted by molar-refractivity contribution is -0.125. The van der Waals surface area contributed by atoms with Gasteiger partial charge in [0, 0.05) is 25.5 Å². The minimum Gasteiger partial charge on any atom is -0.394 e. The van der Waals surface area contributed by atoms with Crippen LogP contribution in [0, 0.1) is 0 Å². The van der Waals surface area contributed by atoms with Crippen LogP contribution in [0.15, 0.2) is 36.7 Å². The lowest BCUT2D eigenvalue weighted by Crippen LogP contribution is -2.49. The number of piperidine rings is 1. The number of nitrogens with zero attached hydrogens (tertiary/aromatic N) is 2. The Balaban J connectivity index is 1.43. The number of carbonyl (C=O) groups excluding carboxylic acids is 2. The van der Waals surface area contributed by atoms with E-state index in [0.29, 0.717) is 12.1 Å². The van der Waals surface area contributed by atoms with Crippen LogP contribution in [0.4, 0.5) is 0 Å². The van der Waals surface area contributed by atoms with Crippen molar-refractivity contribution < 1.29 is 19.4 Å². The van der Waals surface area contributed by atoms with E-state index in [9.17, 15) is 14.7 Å². The maximum Gasteiger partial charge on any atom is 0.253 e. The fourth-order valence-corrected chi connectivity index (χ4v) is 3.66. The molecule has 0 aromatic carbocycles. The van der Waals surface area contributed by atoms with Crippen LogP contribution in [0.25, 0.3) is 0 Å². The van der Waals surface area contributed by atoms with Crippen molar-refractivity contribution in [1.82, 2.24) is 20.5 Å². The number of amides is 2. The summed E-state index contributed by atoms with van der Waals surface area (Å²) in [6, 6.07) is 2.89.